The molecule has 1 amide bonds. The molecule has 0 aromatic carbocycles. The van der Waals surface area contributed by atoms with Crippen LogP contribution in [0.15, 0.2) is 24.8 Å². The zero-order valence-corrected chi connectivity index (χ0v) is 8.49. The lowest BCUT2D eigenvalue weighted by atomic mass is 10.1. The minimum atomic E-state index is -0.154. The monoisotopic (exact) mass is 183 g/mol. The van der Waals surface area contributed by atoms with Gasteiger partial charge in [-0.05, 0) is 12.3 Å². The summed E-state index contributed by atoms with van der Waals surface area (Å²) in [5.41, 5.74) is 0. The van der Waals surface area contributed by atoms with E-state index in [1.54, 1.807) is 7.05 Å². The summed E-state index contributed by atoms with van der Waals surface area (Å²) in [6.07, 6.45) is 6.07. The summed E-state index contributed by atoms with van der Waals surface area (Å²) in [6, 6.07) is 0. The van der Waals surface area contributed by atoms with Gasteiger partial charge in [-0.15, -0.1) is 6.58 Å². The lowest BCUT2D eigenvalue weighted by molar-refractivity contribution is -0.162. The van der Waals surface area contributed by atoms with Gasteiger partial charge in [0.15, 0.2) is 0 Å². The van der Waals surface area contributed by atoms with Crippen molar-refractivity contribution in [1.29, 1.82) is 0 Å². The lowest BCUT2D eigenvalue weighted by Crippen LogP contribution is -2.23. The Bertz CT molecular complexity index is 199. The summed E-state index contributed by atoms with van der Waals surface area (Å²) in [4.78, 5) is 15.9. The third-order valence-corrected chi connectivity index (χ3v) is 1.69. The van der Waals surface area contributed by atoms with E-state index < -0.39 is 0 Å². The van der Waals surface area contributed by atoms with E-state index in [1.807, 2.05) is 19.1 Å². The van der Waals surface area contributed by atoms with E-state index in [4.69, 9.17) is 4.84 Å². The predicted molar refractivity (Wildman–Crippen MR) is 52.9 cm³/mol. The maximum absolute atomic E-state index is 11.2. The van der Waals surface area contributed by atoms with Gasteiger partial charge in [0.1, 0.15) is 0 Å². The Morgan fingerprint density at radius 2 is 2.31 bits per heavy atom. The Balaban J connectivity index is 3.95. The maximum atomic E-state index is 11.2. The fourth-order valence-corrected chi connectivity index (χ4v) is 0.783. The number of amides is 1. The van der Waals surface area contributed by atoms with Crippen LogP contribution in [-0.4, -0.2) is 25.1 Å². The third kappa shape index (κ3) is 5.20. The van der Waals surface area contributed by atoms with Crippen molar-refractivity contribution in [2.75, 3.05) is 14.2 Å². The van der Waals surface area contributed by atoms with Gasteiger partial charge in [0.05, 0.1) is 7.11 Å². The topological polar surface area (TPSA) is 29.5 Å². The molecule has 0 aromatic heterocycles. The number of rotatable bonds is 5. The van der Waals surface area contributed by atoms with Gasteiger partial charge in [-0.2, -0.15) is 0 Å². The molecular formula is C10H17NO2. The van der Waals surface area contributed by atoms with Crippen molar-refractivity contribution in [2.24, 2.45) is 5.92 Å². The molecule has 0 bridgehead atoms. The van der Waals surface area contributed by atoms with Crippen LogP contribution in [0.3, 0.4) is 0 Å². The standard InChI is InChI=1S/C10H17NO2/c1-5-6-9(2)7-8-10(12)11(3)13-4/h5,7-9H,1,6H2,2-4H3/b8-7+. The molecule has 0 rings (SSSR count). The molecule has 3 nitrogen and oxygen atoms in total. The first kappa shape index (κ1) is 11.9. The number of hydrogen-bond donors (Lipinski definition) is 0. The molecule has 0 N–H and O–H groups in total. The molecule has 0 heterocycles. The molecule has 1 atom stereocenters. The number of carbonyl (C=O) groups is 1. The quantitative estimate of drug-likeness (QED) is 0.369. The highest BCUT2D eigenvalue weighted by Gasteiger charge is 2.02. The minimum absolute atomic E-state index is 0.154. The summed E-state index contributed by atoms with van der Waals surface area (Å²) >= 11 is 0. The summed E-state index contributed by atoms with van der Waals surface area (Å²) in [6.45, 7) is 5.65. The van der Waals surface area contributed by atoms with Gasteiger partial charge in [-0.1, -0.05) is 19.1 Å². The van der Waals surface area contributed by atoms with E-state index in [9.17, 15) is 4.79 Å². The van der Waals surface area contributed by atoms with Crippen molar-refractivity contribution in [3.63, 3.8) is 0 Å². The molecule has 0 spiro atoms. The van der Waals surface area contributed by atoms with E-state index in [-0.39, 0.29) is 5.91 Å². The van der Waals surface area contributed by atoms with Gasteiger partial charge < -0.3 is 0 Å². The molecular weight excluding hydrogens is 166 g/mol. The molecule has 0 saturated heterocycles. The third-order valence-electron chi connectivity index (χ3n) is 1.69. The number of likely N-dealkylation sites (N-methyl/N-ethyl adjacent to an activating group) is 1. The molecule has 1 unspecified atom stereocenters. The molecule has 0 saturated carbocycles. The lowest BCUT2D eigenvalue weighted by Gasteiger charge is -2.10. The number of hydrogen-bond acceptors (Lipinski definition) is 2. The fraction of sp³-hybridized carbons (Fsp3) is 0.500. The van der Waals surface area contributed by atoms with Crippen LogP contribution in [0, 0.1) is 5.92 Å². The van der Waals surface area contributed by atoms with Crippen LogP contribution >= 0.6 is 0 Å². The molecule has 0 aliphatic heterocycles. The fourth-order valence-electron chi connectivity index (χ4n) is 0.783. The van der Waals surface area contributed by atoms with Crippen molar-refractivity contribution < 1.29 is 9.63 Å². The van der Waals surface area contributed by atoms with Gasteiger partial charge >= 0.3 is 0 Å². The average Bonchev–Trinajstić information content (AvgIpc) is 2.13. The van der Waals surface area contributed by atoms with Crippen molar-refractivity contribution in [3.8, 4) is 0 Å². The van der Waals surface area contributed by atoms with Gasteiger partial charge in [0.25, 0.3) is 5.91 Å². The Hall–Kier alpha value is -1.09. The molecule has 0 fully saturated rings. The normalized spacial score (nSPS) is 12.8. The van der Waals surface area contributed by atoms with Crippen molar-refractivity contribution in [1.82, 2.24) is 5.06 Å². The average molecular weight is 183 g/mol. The highest BCUT2D eigenvalue weighted by molar-refractivity contribution is 5.86. The van der Waals surface area contributed by atoms with Crippen LogP contribution < -0.4 is 0 Å². The van der Waals surface area contributed by atoms with Gasteiger partial charge in [-0.3, -0.25) is 9.63 Å². The van der Waals surface area contributed by atoms with Crippen molar-refractivity contribution in [2.45, 2.75) is 13.3 Å². The molecule has 3 heteroatoms. The number of allylic oxidation sites excluding steroid dienone is 2. The molecule has 0 aliphatic rings. The maximum Gasteiger partial charge on any atom is 0.269 e. The minimum Gasteiger partial charge on any atom is -0.274 e. The molecule has 0 aliphatic carbocycles. The molecule has 0 radical (unpaired) electrons. The summed E-state index contributed by atoms with van der Waals surface area (Å²) in [5.74, 6) is 0.185. The number of hydroxylamine groups is 2. The van der Waals surface area contributed by atoms with Crippen LogP contribution in [0.1, 0.15) is 13.3 Å². The van der Waals surface area contributed by atoms with Crippen molar-refractivity contribution >= 4 is 5.91 Å². The van der Waals surface area contributed by atoms with E-state index in [0.717, 1.165) is 6.42 Å². The Kier molecular flexibility index (Phi) is 5.89. The van der Waals surface area contributed by atoms with E-state index in [1.165, 1.54) is 18.2 Å². The highest BCUT2D eigenvalue weighted by atomic mass is 16.7. The first-order chi connectivity index (χ1) is 6.11. The first-order valence-corrected chi connectivity index (χ1v) is 4.22. The molecule has 74 valence electrons. The first-order valence-electron chi connectivity index (χ1n) is 4.22. The van der Waals surface area contributed by atoms with Crippen LogP contribution in [-0.2, 0) is 9.63 Å². The van der Waals surface area contributed by atoms with E-state index in [2.05, 4.69) is 6.58 Å². The molecule has 13 heavy (non-hydrogen) atoms. The number of carbonyl (C=O) groups excluding carboxylic acids is 1. The second-order valence-electron chi connectivity index (χ2n) is 2.88. The summed E-state index contributed by atoms with van der Waals surface area (Å²) in [7, 11) is 3.03. The van der Waals surface area contributed by atoms with E-state index >= 15 is 0 Å². The van der Waals surface area contributed by atoms with Crippen LogP contribution in [0.5, 0.6) is 0 Å². The SMILES string of the molecule is C=CCC(C)/C=C/C(=O)N(C)OC. The zero-order valence-electron chi connectivity index (χ0n) is 8.49. The van der Waals surface area contributed by atoms with Crippen molar-refractivity contribution in [3.05, 3.63) is 24.8 Å². The Labute approximate surface area is 79.6 Å². The van der Waals surface area contributed by atoms with Crippen LogP contribution in [0.4, 0.5) is 0 Å². The highest BCUT2D eigenvalue weighted by Crippen LogP contribution is 2.03. The Morgan fingerprint density at radius 3 is 2.77 bits per heavy atom. The van der Waals surface area contributed by atoms with Gasteiger partial charge in [0, 0.05) is 13.1 Å². The number of nitrogens with zero attached hydrogens (tertiary/aromatic N) is 1. The van der Waals surface area contributed by atoms with Gasteiger partial charge in [0.2, 0.25) is 0 Å². The smallest absolute Gasteiger partial charge is 0.269 e. The second-order valence-corrected chi connectivity index (χ2v) is 2.88. The molecule has 0 aromatic rings. The zero-order chi connectivity index (χ0) is 10.3. The van der Waals surface area contributed by atoms with Crippen LogP contribution in [0.2, 0.25) is 0 Å². The largest absolute Gasteiger partial charge is 0.274 e. The van der Waals surface area contributed by atoms with E-state index in [0.29, 0.717) is 5.92 Å². The van der Waals surface area contributed by atoms with Crippen LogP contribution in [0.25, 0.3) is 0 Å². The van der Waals surface area contributed by atoms with Gasteiger partial charge in [-0.25, -0.2) is 5.06 Å². The summed E-state index contributed by atoms with van der Waals surface area (Å²) < 4.78 is 0. The summed E-state index contributed by atoms with van der Waals surface area (Å²) in [5, 5.41) is 1.18. The predicted octanol–water partition coefficient (Wildman–Crippen LogP) is 1.77. The second kappa shape index (κ2) is 6.43. The Morgan fingerprint density at radius 1 is 1.69 bits per heavy atom.